The molecule has 0 aliphatic carbocycles. The van der Waals surface area contributed by atoms with E-state index in [1.165, 1.54) is 0 Å². The van der Waals surface area contributed by atoms with Crippen LogP contribution in [0.3, 0.4) is 0 Å². The van der Waals surface area contributed by atoms with Crippen LogP contribution in [0.15, 0.2) is 22.7 Å². The molecule has 0 spiro atoms. The molecular weight excluding hydrogens is 322 g/mol. The fraction of sp³-hybridized carbons (Fsp3) is 0.600. The van der Waals surface area contributed by atoms with Gasteiger partial charge in [0, 0.05) is 23.2 Å². The van der Waals surface area contributed by atoms with E-state index in [1.807, 2.05) is 32.0 Å². The number of ether oxygens (including phenoxy) is 1. The van der Waals surface area contributed by atoms with Crippen LogP contribution in [0.25, 0.3) is 0 Å². The van der Waals surface area contributed by atoms with E-state index in [4.69, 9.17) is 4.74 Å². The van der Waals surface area contributed by atoms with Crippen molar-refractivity contribution in [3.63, 3.8) is 0 Å². The van der Waals surface area contributed by atoms with Crippen LogP contribution < -0.4 is 4.90 Å². The Morgan fingerprint density at radius 1 is 1.50 bits per heavy atom. The summed E-state index contributed by atoms with van der Waals surface area (Å²) in [7, 11) is 0. The van der Waals surface area contributed by atoms with Crippen molar-refractivity contribution >= 4 is 21.6 Å². The number of aliphatic hydroxyl groups is 2. The van der Waals surface area contributed by atoms with Crippen molar-refractivity contribution in [1.29, 1.82) is 0 Å². The molecule has 0 saturated carbocycles. The van der Waals surface area contributed by atoms with Gasteiger partial charge in [0.1, 0.15) is 0 Å². The van der Waals surface area contributed by atoms with Gasteiger partial charge in [-0.2, -0.15) is 0 Å². The molecule has 112 valence electrons. The number of aliphatic hydroxyl groups excluding tert-OH is 2. The van der Waals surface area contributed by atoms with Crippen LogP contribution in [0.5, 0.6) is 0 Å². The Morgan fingerprint density at radius 2 is 2.20 bits per heavy atom. The van der Waals surface area contributed by atoms with E-state index in [0.717, 1.165) is 22.3 Å². The fourth-order valence-corrected chi connectivity index (χ4v) is 3.34. The number of anilines is 1. The van der Waals surface area contributed by atoms with Crippen LogP contribution in [0.2, 0.25) is 0 Å². The van der Waals surface area contributed by atoms with E-state index in [2.05, 4.69) is 20.8 Å². The van der Waals surface area contributed by atoms with Gasteiger partial charge < -0.3 is 19.8 Å². The number of halogens is 1. The summed E-state index contributed by atoms with van der Waals surface area (Å²) < 4.78 is 6.72. The maximum Gasteiger partial charge on any atom is 0.0988 e. The molecule has 1 fully saturated rings. The Hall–Kier alpha value is -0.620. The second-order valence-electron chi connectivity index (χ2n) is 5.94. The second kappa shape index (κ2) is 6.02. The normalized spacial score (nSPS) is 23.7. The molecule has 0 amide bonds. The minimum Gasteiger partial charge on any atom is -0.394 e. The number of morpholine rings is 1. The lowest BCUT2D eigenvalue weighted by Gasteiger charge is -2.43. The molecule has 1 heterocycles. The van der Waals surface area contributed by atoms with Gasteiger partial charge in [-0.1, -0.05) is 22.0 Å². The molecule has 0 aromatic heterocycles. The molecule has 2 atom stereocenters. The predicted molar refractivity (Wildman–Crippen MR) is 83.0 cm³/mol. The van der Waals surface area contributed by atoms with E-state index >= 15 is 0 Å². The first-order valence-electron chi connectivity index (χ1n) is 6.83. The van der Waals surface area contributed by atoms with E-state index in [0.29, 0.717) is 6.54 Å². The van der Waals surface area contributed by atoms with Crippen molar-refractivity contribution in [2.75, 3.05) is 24.6 Å². The average molecular weight is 344 g/mol. The van der Waals surface area contributed by atoms with E-state index in [-0.39, 0.29) is 18.3 Å². The van der Waals surface area contributed by atoms with E-state index in [1.54, 1.807) is 6.92 Å². The summed E-state index contributed by atoms with van der Waals surface area (Å²) in [6, 6.07) is 5.95. The first-order chi connectivity index (χ1) is 9.32. The third-order valence-electron chi connectivity index (χ3n) is 3.48. The van der Waals surface area contributed by atoms with Gasteiger partial charge >= 0.3 is 0 Å². The van der Waals surface area contributed by atoms with Gasteiger partial charge in [0.15, 0.2) is 0 Å². The molecule has 1 aromatic rings. The van der Waals surface area contributed by atoms with Crippen molar-refractivity contribution < 1.29 is 14.9 Å². The van der Waals surface area contributed by atoms with Crippen molar-refractivity contribution in [1.82, 2.24) is 0 Å². The summed E-state index contributed by atoms with van der Waals surface area (Å²) in [5, 5.41) is 19.0. The van der Waals surface area contributed by atoms with Gasteiger partial charge in [-0.3, -0.25) is 0 Å². The summed E-state index contributed by atoms with van der Waals surface area (Å²) in [6.45, 7) is 7.26. The summed E-state index contributed by atoms with van der Waals surface area (Å²) in [5.41, 5.74) is 1.65. The highest BCUT2D eigenvalue weighted by Crippen LogP contribution is 2.31. The quantitative estimate of drug-likeness (QED) is 0.885. The van der Waals surface area contributed by atoms with Crippen molar-refractivity contribution in [3.8, 4) is 0 Å². The van der Waals surface area contributed by atoms with Crippen LogP contribution >= 0.6 is 15.9 Å². The Morgan fingerprint density at radius 3 is 2.75 bits per heavy atom. The maximum atomic E-state index is 9.67. The Bertz CT molecular complexity index is 476. The molecule has 1 saturated heterocycles. The van der Waals surface area contributed by atoms with Crippen molar-refractivity contribution in [2.24, 2.45) is 0 Å². The zero-order valence-electron chi connectivity index (χ0n) is 12.1. The molecule has 1 unspecified atom stereocenters. The molecule has 4 nitrogen and oxygen atoms in total. The van der Waals surface area contributed by atoms with Gasteiger partial charge in [-0.15, -0.1) is 0 Å². The monoisotopic (exact) mass is 343 g/mol. The molecular formula is C15H22BrNO3. The highest BCUT2D eigenvalue weighted by molar-refractivity contribution is 9.10. The molecule has 1 aliphatic heterocycles. The molecule has 2 rings (SSSR count). The largest absolute Gasteiger partial charge is 0.394 e. The van der Waals surface area contributed by atoms with Crippen LogP contribution in [0.4, 0.5) is 5.69 Å². The SMILES string of the molecule is C[C@H](O)c1ccc(N2CC(CO)OC(C)(C)C2)cc1Br. The van der Waals surface area contributed by atoms with Crippen molar-refractivity contribution in [2.45, 2.75) is 38.6 Å². The standard InChI is InChI=1S/C15H22BrNO3/c1-10(19)13-5-4-11(6-14(13)16)17-7-12(8-18)20-15(2,3)9-17/h4-6,10,12,18-19H,7-9H2,1-3H3/t10-,12?/m0/s1. The lowest BCUT2D eigenvalue weighted by atomic mass is 10.0. The summed E-state index contributed by atoms with van der Waals surface area (Å²) in [5.74, 6) is 0. The summed E-state index contributed by atoms with van der Waals surface area (Å²) in [4.78, 5) is 2.21. The molecule has 20 heavy (non-hydrogen) atoms. The third-order valence-corrected chi connectivity index (χ3v) is 4.17. The third kappa shape index (κ3) is 3.52. The minimum atomic E-state index is -0.496. The van der Waals surface area contributed by atoms with Crippen LogP contribution in [-0.2, 0) is 4.74 Å². The molecule has 2 N–H and O–H groups in total. The maximum absolute atomic E-state index is 9.67. The summed E-state index contributed by atoms with van der Waals surface area (Å²) >= 11 is 3.51. The van der Waals surface area contributed by atoms with Crippen molar-refractivity contribution in [3.05, 3.63) is 28.2 Å². The smallest absolute Gasteiger partial charge is 0.0988 e. The molecule has 0 bridgehead atoms. The van der Waals surface area contributed by atoms with Gasteiger partial charge in [0.05, 0.1) is 24.4 Å². The van der Waals surface area contributed by atoms with Crippen LogP contribution in [-0.4, -0.2) is 41.6 Å². The second-order valence-corrected chi connectivity index (χ2v) is 6.80. The van der Waals surface area contributed by atoms with E-state index in [9.17, 15) is 10.2 Å². The lowest BCUT2D eigenvalue weighted by molar-refractivity contribution is -0.101. The van der Waals surface area contributed by atoms with Crippen LogP contribution in [0, 0.1) is 0 Å². The lowest BCUT2D eigenvalue weighted by Crippen LogP contribution is -2.54. The van der Waals surface area contributed by atoms with Gasteiger partial charge in [-0.25, -0.2) is 0 Å². The summed E-state index contributed by atoms with van der Waals surface area (Å²) in [6.07, 6.45) is -0.668. The molecule has 1 aliphatic rings. The van der Waals surface area contributed by atoms with Gasteiger partial charge in [0.25, 0.3) is 0 Å². The van der Waals surface area contributed by atoms with Gasteiger partial charge in [0.2, 0.25) is 0 Å². The molecule has 0 radical (unpaired) electrons. The zero-order valence-corrected chi connectivity index (χ0v) is 13.7. The Balaban J connectivity index is 2.24. The minimum absolute atomic E-state index is 0.0207. The van der Waals surface area contributed by atoms with Gasteiger partial charge in [-0.05, 0) is 38.5 Å². The Labute approximate surface area is 128 Å². The number of hydrogen-bond acceptors (Lipinski definition) is 4. The first-order valence-corrected chi connectivity index (χ1v) is 7.63. The number of rotatable bonds is 3. The average Bonchev–Trinajstić information content (AvgIpc) is 2.36. The first kappa shape index (κ1) is 15.8. The molecule has 1 aromatic carbocycles. The van der Waals surface area contributed by atoms with Crippen LogP contribution in [0.1, 0.15) is 32.4 Å². The topological polar surface area (TPSA) is 52.9 Å². The highest BCUT2D eigenvalue weighted by atomic mass is 79.9. The predicted octanol–water partition coefficient (Wildman–Crippen LogP) is 2.48. The van der Waals surface area contributed by atoms with E-state index < -0.39 is 6.10 Å². The zero-order chi connectivity index (χ0) is 14.9. The number of benzene rings is 1. The number of nitrogens with zero attached hydrogens (tertiary/aromatic N) is 1. The Kier molecular flexibility index (Phi) is 4.74. The molecule has 5 heteroatoms. The number of hydrogen-bond donors (Lipinski definition) is 2. The highest BCUT2D eigenvalue weighted by Gasteiger charge is 2.33. The fourth-order valence-electron chi connectivity index (χ4n) is 2.64.